The van der Waals surface area contributed by atoms with Gasteiger partial charge in [0.2, 0.25) is 0 Å². The molecule has 4 heteroatoms. The molecule has 2 aromatic rings. The number of ether oxygens (including phenoxy) is 1. The summed E-state index contributed by atoms with van der Waals surface area (Å²) < 4.78 is 6.94. The molecule has 0 radical (unpaired) electrons. The first kappa shape index (κ1) is 11.0. The van der Waals surface area contributed by atoms with Crippen LogP contribution in [0, 0.1) is 0 Å². The van der Waals surface area contributed by atoms with Crippen molar-refractivity contribution >= 4 is 28.3 Å². The van der Waals surface area contributed by atoms with E-state index in [0.717, 1.165) is 16.7 Å². The summed E-state index contributed by atoms with van der Waals surface area (Å²) >= 11 is 6.17. The van der Waals surface area contributed by atoms with Gasteiger partial charge in [-0.25, -0.2) is 0 Å². The molecule has 0 atom stereocenters. The Hall–Kier alpha value is -1.48. The average Bonchev–Trinajstić information content (AvgIpc) is 2.51. The van der Waals surface area contributed by atoms with E-state index in [1.165, 1.54) is 6.92 Å². The predicted octanol–water partition coefficient (Wildman–Crippen LogP) is 3.04. The second-order valence-electron chi connectivity index (χ2n) is 3.66. The quantitative estimate of drug-likeness (QED) is 0.752. The second-order valence-corrected chi connectivity index (χ2v) is 4.04. The lowest BCUT2D eigenvalue weighted by Crippen LogP contribution is -2.01. The fraction of sp³-hybridized carbons (Fsp3) is 0.250. The first-order chi connectivity index (χ1) is 7.56. The van der Waals surface area contributed by atoms with Crippen LogP contribution in [-0.2, 0) is 7.05 Å². The lowest BCUT2D eigenvalue weighted by Gasteiger charge is -2.02. The lowest BCUT2D eigenvalue weighted by molar-refractivity contribution is 0.101. The van der Waals surface area contributed by atoms with Gasteiger partial charge >= 0.3 is 0 Å². The van der Waals surface area contributed by atoms with Gasteiger partial charge in [-0.05, 0) is 12.1 Å². The molecule has 0 spiro atoms. The molecule has 16 heavy (non-hydrogen) atoms. The molecule has 0 aliphatic heterocycles. The molecule has 0 saturated heterocycles. The van der Waals surface area contributed by atoms with Crippen molar-refractivity contribution in [1.29, 1.82) is 0 Å². The maximum Gasteiger partial charge on any atom is 0.177 e. The monoisotopic (exact) mass is 237 g/mol. The first-order valence-electron chi connectivity index (χ1n) is 4.89. The van der Waals surface area contributed by atoms with E-state index < -0.39 is 0 Å². The number of methoxy groups -OCH3 is 1. The van der Waals surface area contributed by atoms with Crippen LogP contribution in [0.25, 0.3) is 10.9 Å². The summed E-state index contributed by atoms with van der Waals surface area (Å²) in [5.41, 5.74) is 1.43. The van der Waals surface area contributed by atoms with Gasteiger partial charge in [0.05, 0.1) is 17.6 Å². The molecular weight excluding hydrogens is 226 g/mol. The van der Waals surface area contributed by atoms with Crippen molar-refractivity contribution in [1.82, 2.24) is 4.57 Å². The fourth-order valence-corrected chi connectivity index (χ4v) is 2.31. The summed E-state index contributed by atoms with van der Waals surface area (Å²) in [4.78, 5) is 11.5. The number of halogens is 1. The van der Waals surface area contributed by atoms with E-state index in [1.54, 1.807) is 11.7 Å². The lowest BCUT2D eigenvalue weighted by atomic mass is 10.2. The molecule has 1 aromatic carbocycles. The molecule has 1 heterocycles. The van der Waals surface area contributed by atoms with Gasteiger partial charge in [-0.15, -0.1) is 0 Å². The topological polar surface area (TPSA) is 31.2 Å². The Bertz CT molecular complexity index is 572. The molecule has 0 N–H and O–H groups in total. The fourth-order valence-electron chi connectivity index (χ4n) is 1.89. The van der Waals surface area contributed by atoms with Gasteiger partial charge in [0.25, 0.3) is 0 Å². The maximum atomic E-state index is 11.5. The third-order valence-corrected chi connectivity index (χ3v) is 3.06. The number of nitrogens with zero attached hydrogens (tertiary/aromatic N) is 1. The van der Waals surface area contributed by atoms with Crippen molar-refractivity contribution in [2.45, 2.75) is 6.92 Å². The van der Waals surface area contributed by atoms with Gasteiger partial charge < -0.3 is 9.30 Å². The van der Waals surface area contributed by atoms with E-state index in [9.17, 15) is 4.79 Å². The predicted molar refractivity (Wildman–Crippen MR) is 64.5 cm³/mol. The number of hydrogen-bond acceptors (Lipinski definition) is 2. The zero-order chi connectivity index (χ0) is 11.9. The van der Waals surface area contributed by atoms with Crippen molar-refractivity contribution in [2.75, 3.05) is 7.11 Å². The summed E-state index contributed by atoms with van der Waals surface area (Å²) in [5, 5.41) is 1.38. The van der Waals surface area contributed by atoms with Crippen LogP contribution in [0.5, 0.6) is 5.75 Å². The third kappa shape index (κ3) is 1.48. The van der Waals surface area contributed by atoms with Crippen molar-refractivity contribution in [2.24, 2.45) is 7.05 Å². The van der Waals surface area contributed by atoms with E-state index >= 15 is 0 Å². The Labute approximate surface area is 98.6 Å². The minimum Gasteiger partial charge on any atom is -0.497 e. The maximum absolute atomic E-state index is 11.5. The van der Waals surface area contributed by atoms with Crippen molar-refractivity contribution in [3.63, 3.8) is 0 Å². The Morgan fingerprint density at radius 3 is 2.69 bits per heavy atom. The Kier molecular flexibility index (Phi) is 2.64. The number of fused-ring (bicyclic) bond motifs is 1. The summed E-state index contributed by atoms with van der Waals surface area (Å²) in [6.45, 7) is 1.51. The van der Waals surface area contributed by atoms with Crippen molar-refractivity contribution in [3.05, 3.63) is 28.9 Å². The zero-order valence-electron chi connectivity index (χ0n) is 9.37. The molecule has 0 amide bonds. The molecule has 0 aliphatic carbocycles. The van der Waals surface area contributed by atoms with Crippen LogP contribution < -0.4 is 4.74 Å². The third-order valence-electron chi connectivity index (χ3n) is 2.68. The molecule has 1 aromatic heterocycles. The summed E-state index contributed by atoms with van der Waals surface area (Å²) in [6.07, 6.45) is 0. The van der Waals surface area contributed by atoms with Crippen LogP contribution in [0.15, 0.2) is 18.2 Å². The summed E-state index contributed by atoms with van der Waals surface area (Å²) in [7, 11) is 3.43. The van der Waals surface area contributed by atoms with E-state index in [1.807, 2.05) is 25.2 Å². The van der Waals surface area contributed by atoms with Crippen LogP contribution in [0.4, 0.5) is 0 Å². The second kappa shape index (κ2) is 3.83. The molecular formula is C12H12ClNO2. The minimum absolute atomic E-state index is 0.0392. The zero-order valence-corrected chi connectivity index (χ0v) is 10.1. The first-order valence-corrected chi connectivity index (χ1v) is 5.27. The van der Waals surface area contributed by atoms with Crippen molar-refractivity contribution < 1.29 is 9.53 Å². The number of hydrogen-bond donors (Lipinski definition) is 0. The van der Waals surface area contributed by atoms with Crippen molar-refractivity contribution in [3.8, 4) is 5.75 Å². The van der Waals surface area contributed by atoms with E-state index in [0.29, 0.717) is 10.7 Å². The number of ketones is 1. The van der Waals surface area contributed by atoms with Gasteiger partial charge in [0, 0.05) is 25.4 Å². The number of rotatable bonds is 2. The van der Waals surface area contributed by atoms with Crippen LogP contribution in [0.1, 0.15) is 17.4 Å². The SMILES string of the molecule is COc1ccc2c(Cl)c(C(C)=O)n(C)c2c1. The molecule has 0 aliphatic rings. The number of carbonyl (C=O) groups is 1. The highest BCUT2D eigenvalue weighted by molar-refractivity contribution is 6.38. The largest absolute Gasteiger partial charge is 0.497 e. The van der Waals surface area contributed by atoms with Gasteiger partial charge in [-0.3, -0.25) is 4.79 Å². The van der Waals surface area contributed by atoms with Gasteiger partial charge in [0.1, 0.15) is 11.4 Å². The molecule has 0 bridgehead atoms. The average molecular weight is 238 g/mol. The Balaban J connectivity index is 2.83. The van der Waals surface area contributed by atoms with Crippen LogP contribution >= 0.6 is 11.6 Å². The highest BCUT2D eigenvalue weighted by Gasteiger charge is 2.16. The Morgan fingerprint density at radius 1 is 1.44 bits per heavy atom. The number of carbonyl (C=O) groups excluding carboxylic acids is 1. The highest BCUT2D eigenvalue weighted by atomic mass is 35.5. The molecule has 84 valence electrons. The van der Waals surface area contributed by atoms with Gasteiger partial charge in [0.15, 0.2) is 5.78 Å². The molecule has 0 saturated carbocycles. The summed E-state index contributed by atoms with van der Waals surface area (Å²) in [5.74, 6) is 0.711. The number of benzene rings is 1. The van der Waals surface area contributed by atoms with Gasteiger partial charge in [-0.1, -0.05) is 11.6 Å². The standard InChI is InChI=1S/C12H12ClNO2/c1-7(15)12-11(13)9-5-4-8(16-3)6-10(9)14(12)2/h4-6H,1-3H3. The molecule has 0 unspecified atom stereocenters. The normalized spacial score (nSPS) is 10.8. The molecule has 2 rings (SSSR count). The van der Waals surface area contributed by atoms with Crippen LogP contribution in [0.2, 0.25) is 5.02 Å². The van der Waals surface area contributed by atoms with E-state index in [4.69, 9.17) is 16.3 Å². The Morgan fingerprint density at radius 2 is 2.12 bits per heavy atom. The van der Waals surface area contributed by atoms with Crippen LogP contribution in [-0.4, -0.2) is 17.5 Å². The van der Waals surface area contributed by atoms with Crippen LogP contribution in [0.3, 0.4) is 0 Å². The minimum atomic E-state index is -0.0392. The van der Waals surface area contributed by atoms with Gasteiger partial charge in [-0.2, -0.15) is 0 Å². The molecule has 3 nitrogen and oxygen atoms in total. The molecule has 0 fully saturated rings. The van der Waals surface area contributed by atoms with E-state index in [2.05, 4.69) is 0 Å². The number of aryl methyl sites for hydroxylation is 1. The number of aromatic nitrogens is 1. The van der Waals surface area contributed by atoms with E-state index in [-0.39, 0.29) is 5.78 Å². The highest BCUT2D eigenvalue weighted by Crippen LogP contribution is 2.32. The number of Topliss-reactive ketones (excluding diaryl/α,β-unsaturated/α-hetero) is 1. The smallest absolute Gasteiger partial charge is 0.177 e. The summed E-state index contributed by atoms with van der Waals surface area (Å²) in [6, 6.07) is 5.56.